The van der Waals surface area contributed by atoms with E-state index in [1.165, 1.54) is 6.07 Å². The van der Waals surface area contributed by atoms with E-state index in [-0.39, 0.29) is 28.4 Å². The molecule has 4 heteroatoms. The number of fused-ring (bicyclic) bond motifs is 2. The molecule has 4 nitrogen and oxygen atoms in total. The van der Waals surface area contributed by atoms with E-state index in [1.807, 2.05) is 0 Å². The van der Waals surface area contributed by atoms with Gasteiger partial charge in [0.2, 0.25) is 0 Å². The second-order valence-electron chi connectivity index (χ2n) is 3.99. The van der Waals surface area contributed by atoms with Crippen LogP contribution in [0.2, 0.25) is 0 Å². The number of nitrogens with zero attached hydrogens (tertiary/aromatic N) is 1. The maximum absolute atomic E-state index is 12.3. The van der Waals surface area contributed by atoms with Crippen LogP contribution in [-0.2, 0) is 0 Å². The predicted molar refractivity (Wildman–Crippen MR) is 65.2 cm³/mol. The minimum atomic E-state index is -0.324. The maximum atomic E-state index is 12.3. The highest BCUT2D eigenvalue weighted by atomic mass is 16.3. The fourth-order valence-electron chi connectivity index (χ4n) is 2.20. The largest absolute Gasteiger partial charge is 0.289 e. The van der Waals surface area contributed by atoms with Crippen LogP contribution in [0.25, 0.3) is 0 Å². The van der Waals surface area contributed by atoms with Gasteiger partial charge in [0.15, 0.2) is 11.6 Å². The molecule has 0 amide bonds. The monoisotopic (exact) mass is 237 g/mol. The van der Waals surface area contributed by atoms with Gasteiger partial charge in [-0.15, -0.1) is 4.91 Å². The molecule has 2 aromatic rings. The van der Waals surface area contributed by atoms with Gasteiger partial charge in [-0.25, -0.2) is 0 Å². The van der Waals surface area contributed by atoms with Crippen molar-refractivity contribution in [1.29, 1.82) is 0 Å². The first-order valence-electron chi connectivity index (χ1n) is 5.39. The van der Waals surface area contributed by atoms with Gasteiger partial charge >= 0.3 is 0 Å². The Morgan fingerprint density at radius 2 is 1.33 bits per heavy atom. The predicted octanol–water partition coefficient (Wildman–Crippen LogP) is 2.86. The van der Waals surface area contributed by atoms with E-state index in [9.17, 15) is 14.5 Å². The van der Waals surface area contributed by atoms with Crippen molar-refractivity contribution in [3.63, 3.8) is 0 Å². The van der Waals surface area contributed by atoms with Gasteiger partial charge in [-0.05, 0) is 11.2 Å². The Hall–Kier alpha value is -2.62. The molecule has 3 rings (SSSR count). The highest BCUT2D eigenvalue weighted by molar-refractivity contribution is 6.29. The number of ketones is 2. The molecule has 1 aliphatic rings. The van der Waals surface area contributed by atoms with Crippen molar-refractivity contribution in [2.75, 3.05) is 0 Å². The van der Waals surface area contributed by atoms with Crippen molar-refractivity contribution in [2.45, 2.75) is 0 Å². The zero-order valence-corrected chi connectivity index (χ0v) is 9.21. The lowest BCUT2D eigenvalue weighted by atomic mass is 9.83. The molecule has 18 heavy (non-hydrogen) atoms. The number of carbonyl (C=O) groups excluding carboxylic acids is 2. The van der Waals surface area contributed by atoms with Crippen LogP contribution in [0.15, 0.2) is 47.6 Å². The fourth-order valence-corrected chi connectivity index (χ4v) is 2.20. The zero-order valence-electron chi connectivity index (χ0n) is 9.21. The Balaban J connectivity index is 2.37. The zero-order chi connectivity index (χ0) is 12.7. The third-order valence-corrected chi connectivity index (χ3v) is 3.03. The standard InChI is InChI=1S/C14H7NO3/c16-13-8-4-1-2-5-9(8)14(17)12-10(13)6-3-7-11(12)15-18/h1-7H. The van der Waals surface area contributed by atoms with Crippen molar-refractivity contribution >= 4 is 17.3 Å². The van der Waals surface area contributed by atoms with Crippen molar-refractivity contribution < 1.29 is 9.59 Å². The molecule has 0 N–H and O–H groups in total. The van der Waals surface area contributed by atoms with E-state index in [0.717, 1.165) is 0 Å². The molecule has 0 aliphatic heterocycles. The topological polar surface area (TPSA) is 63.6 Å². The first-order chi connectivity index (χ1) is 8.74. The van der Waals surface area contributed by atoms with Crippen LogP contribution in [0.4, 0.5) is 5.69 Å². The van der Waals surface area contributed by atoms with Crippen molar-refractivity contribution in [1.82, 2.24) is 0 Å². The van der Waals surface area contributed by atoms with Crippen LogP contribution in [0.5, 0.6) is 0 Å². The van der Waals surface area contributed by atoms with Crippen LogP contribution in [0.1, 0.15) is 31.8 Å². The highest BCUT2D eigenvalue weighted by Gasteiger charge is 2.31. The Bertz CT molecular complexity index is 704. The summed E-state index contributed by atoms with van der Waals surface area (Å²) in [4.78, 5) is 35.2. The summed E-state index contributed by atoms with van der Waals surface area (Å²) < 4.78 is 0. The average molecular weight is 237 g/mol. The molecule has 0 bridgehead atoms. The Morgan fingerprint density at radius 1 is 0.722 bits per heavy atom. The summed E-state index contributed by atoms with van der Waals surface area (Å²) in [6.07, 6.45) is 0. The maximum Gasteiger partial charge on any atom is 0.196 e. The molecule has 0 spiro atoms. The van der Waals surface area contributed by atoms with E-state index < -0.39 is 0 Å². The molecule has 0 heterocycles. The molecule has 0 unspecified atom stereocenters. The molecular weight excluding hydrogens is 230 g/mol. The van der Waals surface area contributed by atoms with Crippen molar-refractivity contribution in [3.8, 4) is 0 Å². The van der Waals surface area contributed by atoms with E-state index in [0.29, 0.717) is 11.1 Å². The Labute approximate surface area is 102 Å². The lowest BCUT2D eigenvalue weighted by Crippen LogP contribution is -2.20. The number of hydrogen-bond donors (Lipinski definition) is 0. The average Bonchev–Trinajstić information content (AvgIpc) is 2.44. The molecular formula is C14H7NO3. The van der Waals surface area contributed by atoms with Crippen LogP contribution >= 0.6 is 0 Å². The SMILES string of the molecule is O=Nc1cccc2c1C(=O)c1ccccc1C2=O. The number of hydrogen-bond acceptors (Lipinski definition) is 4. The van der Waals surface area contributed by atoms with Crippen molar-refractivity contribution in [2.24, 2.45) is 5.18 Å². The van der Waals surface area contributed by atoms with Gasteiger partial charge in [0.05, 0.1) is 5.56 Å². The lowest BCUT2D eigenvalue weighted by molar-refractivity contribution is 0.0979. The quantitative estimate of drug-likeness (QED) is 0.611. The van der Waals surface area contributed by atoms with Gasteiger partial charge in [-0.1, -0.05) is 36.4 Å². The van der Waals surface area contributed by atoms with Gasteiger partial charge in [0, 0.05) is 16.7 Å². The van der Waals surface area contributed by atoms with E-state index in [4.69, 9.17) is 0 Å². The van der Waals surface area contributed by atoms with E-state index in [2.05, 4.69) is 5.18 Å². The van der Waals surface area contributed by atoms with Gasteiger partial charge in [0.1, 0.15) is 5.69 Å². The summed E-state index contributed by atoms with van der Waals surface area (Å²) in [5, 5.41) is 2.82. The lowest BCUT2D eigenvalue weighted by Gasteiger charge is -2.17. The molecule has 0 radical (unpaired) electrons. The van der Waals surface area contributed by atoms with Crippen LogP contribution in [-0.4, -0.2) is 11.6 Å². The summed E-state index contributed by atoms with van der Waals surface area (Å²) in [6, 6.07) is 11.1. The second kappa shape index (κ2) is 3.70. The minimum Gasteiger partial charge on any atom is -0.289 e. The second-order valence-corrected chi connectivity index (χ2v) is 3.99. The molecule has 86 valence electrons. The van der Waals surface area contributed by atoms with E-state index >= 15 is 0 Å². The number of benzene rings is 2. The third kappa shape index (κ3) is 1.26. The number of carbonyl (C=O) groups is 2. The molecule has 1 aliphatic carbocycles. The van der Waals surface area contributed by atoms with Crippen LogP contribution in [0.3, 0.4) is 0 Å². The normalized spacial score (nSPS) is 12.9. The fraction of sp³-hybridized carbons (Fsp3) is 0. The minimum absolute atomic E-state index is 0.0142. The first kappa shape index (κ1) is 10.5. The van der Waals surface area contributed by atoms with Gasteiger partial charge in [-0.3, -0.25) is 9.59 Å². The smallest absolute Gasteiger partial charge is 0.196 e. The molecule has 0 fully saturated rings. The van der Waals surface area contributed by atoms with Crippen LogP contribution in [0, 0.1) is 4.91 Å². The summed E-state index contributed by atoms with van der Waals surface area (Å²) in [5.41, 5.74) is 1.07. The van der Waals surface area contributed by atoms with Crippen molar-refractivity contribution in [3.05, 3.63) is 69.6 Å². The summed E-state index contributed by atoms with van der Waals surface area (Å²) >= 11 is 0. The van der Waals surface area contributed by atoms with Gasteiger partial charge in [-0.2, -0.15) is 0 Å². The molecule has 0 saturated heterocycles. The number of nitroso groups, excluding NO2 is 1. The molecule has 0 atom stereocenters. The summed E-state index contributed by atoms with van der Waals surface area (Å²) in [7, 11) is 0. The number of rotatable bonds is 1. The van der Waals surface area contributed by atoms with Crippen LogP contribution < -0.4 is 0 Å². The summed E-state index contributed by atoms with van der Waals surface area (Å²) in [6.45, 7) is 0. The van der Waals surface area contributed by atoms with Gasteiger partial charge < -0.3 is 0 Å². The molecule has 0 saturated carbocycles. The van der Waals surface area contributed by atoms with E-state index in [1.54, 1.807) is 36.4 Å². The first-order valence-corrected chi connectivity index (χ1v) is 5.39. The highest BCUT2D eigenvalue weighted by Crippen LogP contribution is 2.32. The Morgan fingerprint density at radius 3 is 2.00 bits per heavy atom. The molecule has 0 aromatic heterocycles. The van der Waals surface area contributed by atoms with Gasteiger partial charge in [0.25, 0.3) is 0 Å². The summed E-state index contributed by atoms with van der Waals surface area (Å²) in [5.74, 6) is -0.568. The molecule has 2 aromatic carbocycles. The third-order valence-electron chi connectivity index (χ3n) is 3.03. The Kier molecular flexibility index (Phi) is 2.16.